The highest BCUT2D eigenvalue weighted by Gasteiger charge is 2.08. The monoisotopic (exact) mass is 174 g/mol. The quantitative estimate of drug-likeness (QED) is 0.347. The lowest BCUT2D eigenvalue weighted by Gasteiger charge is -2.17. The molecule has 0 saturated carbocycles. The van der Waals surface area contributed by atoms with Gasteiger partial charge < -0.3 is 15.1 Å². The Balaban J connectivity index is 4.07. The Morgan fingerprint density at radius 2 is 1.92 bits per heavy atom. The molecule has 0 saturated heterocycles. The Kier molecular flexibility index (Phi) is 5.72. The first-order chi connectivity index (χ1) is 5.76. The van der Waals surface area contributed by atoms with Crippen LogP contribution in [0.3, 0.4) is 0 Å². The number of carbonyl (C=O) groups is 1. The summed E-state index contributed by atoms with van der Waals surface area (Å²) in [7, 11) is 0. The van der Waals surface area contributed by atoms with Crippen LogP contribution < -0.4 is 0 Å². The summed E-state index contributed by atoms with van der Waals surface area (Å²) in [5.41, 5.74) is 7.91. The summed E-state index contributed by atoms with van der Waals surface area (Å²) < 4.78 is 0. The summed E-state index contributed by atoms with van der Waals surface area (Å²) in [5.74, 6) is 0. The van der Waals surface area contributed by atoms with Crippen molar-refractivity contribution in [2.75, 3.05) is 26.3 Å². The molecule has 0 unspecified atom stereocenters. The van der Waals surface area contributed by atoms with Gasteiger partial charge in [-0.15, -0.1) is 0 Å². The van der Waals surface area contributed by atoms with E-state index in [4.69, 9.17) is 15.7 Å². The fourth-order valence-electron chi connectivity index (χ4n) is 0.646. The Morgan fingerprint density at radius 3 is 2.25 bits per heavy atom. The fraction of sp³-hybridized carbons (Fsp3) is 0.800. The van der Waals surface area contributed by atoms with Crippen LogP contribution in [0.1, 0.15) is 0 Å². The van der Waals surface area contributed by atoms with Gasteiger partial charge in [0.05, 0.1) is 13.2 Å². The van der Waals surface area contributed by atoms with Gasteiger partial charge in [0.25, 0.3) is 0 Å². The van der Waals surface area contributed by atoms with E-state index in [1.54, 1.807) is 0 Å². The summed E-state index contributed by atoms with van der Waals surface area (Å²) in [6.45, 7) is -0.351. The summed E-state index contributed by atoms with van der Waals surface area (Å²) in [5, 5.41) is 19.7. The second kappa shape index (κ2) is 6.41. The molecular weight excluding hydrogens is 164 g/mol. The topological polar surface area (TPSA) is 110 Å². The third-order valence-corrected chi connectivity index (χ3v) is 1.14. The molecule has 12 heavy (non-hydrogen) atoms. The van der Waals surface area contributed by atoms with Crippen molar-refractivity contribution in [2.24, 2.45) is 5.11 Å². The van der Waals surface area contributed by atoms with Crippen molar-refractivity contribution in [3.63, 3.8) is 0 Å². The predicted molar refractivity (Wildman–Crippen MR) is 40.3 cm³/mol. The van der Waals surface area contributed by atoms with Gasteiger partial charge in [0.1, 0.15) is 0 Å². The highest BCUT2D eigenvalue weighted by atomic mass is 16.3. The van der Waals surface area contributed by atoms with E-state index < -0.39 is 6.03 Å². The molecule has 2 amide bonds. The molecule has 0 atom stereocenters. The second-order valence-corrected chi connectivity index (χ2v) is 1.91. The first kappa shape index (κ1) is 10.7. The van der Waals surface area contributed by atoms with Gasteiger partial charge in [-0.25, -0.2) is 0 Å². The maximum Gasteiger partial charge on any atom is 0.310 e. The van der Waals surface area contributed by atoms with Gasteiger partial charge in [-0.2, -0.15) is 0 Å². The zero-order chi connectivity index (χ0) is 9.40. The molecule has 7 nitrogen and oxygen atoms in total. The average molecular weight is 174 g/mol. The van der Waals surface area contributed by atoms with Crippen LogP contribution in [0.4, 0.5) is 4.79 Å². The molecule has 0 aromatic rings. The molecule has 0 aliphatic rings. The number of amides is 2. The normalized spacial score (nSPS) is 8.83. The molecule has 0 rings (SSSR count). The standard InChI is InChI=1S/C5H10N4O3/c6-8-7-5(12)9(1-3-10)2-4-11/h10-11H,1-4H2. The number of rotatable bonds is 4. The smallest absolute Gasteiger partial charge is 0.310 e. The first-order valence-electron chi connectivity index (χ1n) is 3.32. The van der Waals surface area contributed by atoms with E-state index in [0.717, 1.165) is 4.90 Å². The van der Waals surface area contributed by atoms with Crippen LogP contribution >= 0.6 is 0 Å². The van der Waals surface area contributed by atoms with Gasteiger partial charge in [-0.05, 0) is 5.53 Å². The van der Waals surface area contributed by atoms with Crippen molar-refractivity contribution in [3.05, 3.63) is 10.4 Å². The zero-order valence-electron chi connectivity index (χ0n) is 6.42. The molecule has 0 aromatic carbocycles. The highest BCUT2D eigenvalue weighted by molar-refractivity contribution is 5.74. The number of azide groups is 1. The molecule has 0 spiro atoms. The molecule has 7 heteroatoms. The van der Waals surface area contributed by atoms with E-state index in [9.17, 15) is 4.79 Å². The van der Waals surface area contributed by atoms with Crippen molar-refractivity contribution in [2.45, 2.75) is 0 Å². The second-order valence-electron chi connectivity index (χ2n) is 1.91. The molecule has 0 aromatic heterocycles. The van der Waals surface area contributed by atoms with E-state index in [2.05, 4.69) is 10.0 Å². The molecule has 2 N–H and O–H groups in total. The fourth-order valence-corrected chi connectivity index (χ4v) is 0.646. The third-order valence-electron chi connectivity index (χ3n) is 1.14. The molecule has 0 aliphatic carbocycles. The largest absolute Gasteiger partial charge is 0.395 e. The van der Waals surface area contributed by atoms with Crippen LogP contribution in [0.15, 0.2) is 5.11 Å². The van der Waals surface area contributed by atoms with Crippen LogP contribution in [0.5, 0.6) is 0 Å². The van der Waals surface area contributed by atoms with Crippen LogP contribution in [-0.2, 0) is 0 Å². The molecule has 0 bridgehead atoms. The number of aliphatic hydroxyl groups excluding tert-OH is 2. The van der Waals surface area contributed by atoms with Crippen molar-refractivity contribution < 1.29 is 15.0 Å². The molecule has 0 heterocycles. The van der Waals surface area contributed by atoms with E-state index in [0.29, 0.717) is 0 Å². The Morgan fingerprint density at radius 1 is 1.42 bits per heavy atom. The van der Waals surface area contributed by atoms with Gasteiger partial charge in [0.2, 0.25) is 0 Å². The molecule has 0 fully saturated rings. The lowest BCUT2D eigenvalue weighted by atomic mass is 10.5. The Hall–Kier alpha value is -1.30. The summed E-state index contributed by atoms with van der Waals surface area (Å²) in [6, 6.07) is -0.791. The predicted octanol–water partition coefficient (Wildman–Crippen LogP) is -0.297. The number of carbonyl (C=O) groups excluding carboxylic acids is 1. The number of aliphatic hydroxyl groups is 2. The molecule has 0 aliphatic heterocycles. The minimum atomic E-state index is -0.791. The Labute approximate surface area is 68.8 Å². The summed E-state index contributed by atoms with van der Waals surface area (Å²) in [6.07, 6.45) is 0. The number of urea groups is 1. The van der Waals surface area contributed by atoms with E-state index in [1.807, 2.05) is 0 Å². The molecule has 68 valence electrons. The van der Waals surface area contributed by atoms with Gasteiger partial charge in [-0.1, -0.05) is 0 Å². The van der Waals surface area contributed by atoms with E-state index >= 15 is 0 Å². The van der Waals surface area contributed by atoms with Gasteiger partial charge in [0, 0.05) is 23.1 Å². The van der Waals surface area contributed by atoms with Crippen molar-refractivity contribution in [1.29, 1.82) is 0 Å². The number of hydrogen-bond donors (Lipinski definition) is 2. The summed E-state index contributed by atoms with van der Waals surface area (Å²) >= 11 is 0. The van der Waals surface area contributed by atoms with Crippen LogP contribution in [0, 0.1) is 0 Å². The van der Waals surface area contributed by atoms with E-state index in [-0.39, 0.29) is 26.3 Å². The van der Waals surface area contributed by atoms with Crippen LogP contribution in [0.2, 0.25) is 0 Å². The minimum absolute atomic E-state index is 0.0540. The van der Waals surface area contributed by atoms with Gasteiger partial charge >= 0.3 is 6.03 Å². The third kappa shape index (κ3) is 3.77. The average Bonchev–Trinajstić information content (AvgIpc) is 2.04. The van der Waals surface area contributed by atoms with Gasteiger partial charge in [0.15, 0.2) is 0 Å². The minimum Gasteiger partial charge on any atom is -0.395 e. The maximum atomic E-state index is 10.8. The SMILES string of the molecule is [N-]=[N+]=NC(=O)N(CCO)CCO. The van der Waals surface area contributed by atoms with Crippen molar-refractivity contribution in [3.8, 4) is 0 Å². The highest BCUT2D eigenvalue weighted by Crippen LogP contribution is 1.92. The maximum absolute atomic E-state index is 10.8. The first-order valence-corrected chi connectivity index (χ1v) is 3.32. The van der Waals surface area contributed by atoms with Crippen molar-refractivity contribution in [1.82, 2.24) is 4.90 Å². The number of nitrogens with zero attached hydrogens (tertiary/aromatic N) is 4. The summed E-state index contributed by atoms with van der Waals surface area (Å²) in [4.78, 5) is 14.2. The lowest BCUT2D eigenvalue weighted by Crippen LogP contribution is -2.33. The Bertz CT molecular complexity index is 183. The van der Waals surface area contributed by atoms with Gasteiger partial charge in [-0.3, -0.25) is 4.79 Å². The molecular formula is C5H10N4O3. The number of hydrogen-bond acceptors (Lipinski definition) is 3. The lowest BCUT2D eigenvalue weighted by molar-refractivity contribution is 0.165. The van der Waals surface area contributed by atoms with Crippen molar-refractivity contribution >= 4 is 6.03 Å². The zero-order valence-corrected chi connectivity index (χ0v) is 6.42. The van der Waals surface area contributed by atoms with E-state index in [1.165, 1.54) is 0 Å². The van der Waals surface area contributed by atoms with Crippen LogP contribution in [-0.4, -0.2) is 47.4 Å². The molecule has 0 radical (unpaired) electrons. The van der Waals surface area contributed by atoms with Crippen LogP contribution in [0.25, 0.3) is 10.4 Å².